The van der Waals surface area contributed by atoms with E-state index in [2.05, 4.69) is 10.9 Å². The Morgan fingerprint density at radius 3 is 2.70 bits per heavy atom. The second-order valence-corrected chi connectivity index (χ2v) is 4.60. The van der Waals surface area contributed by atoms with Crippen LogP contribution >= 0.6 is 0 Å². The van der Waals surface area contributed by atoms with E-state index in [1.54, 1.807) is 35.4 Å². The van der Waals surface area contributed by atoms with Crippen molar-refractivity contribution in [3.63, 3.8) is 0 Å². The molecule has 2 rings (SSSR count). The van der Waals surface area contributed by atoms with Crippen LogP contribution in [0.5, 0.6) is 0 Å². The van der Waals surface area contributed by atoms with E-state index in [-0.39, 0.29) is 11.8 Å². The maximum Gasteiger partial charge on any atom is 0.269 e. The van der Waals surface area contributed by atoms with Crippen LogP contribution in [0.2, 0.25) is 0 Å². The van der Waals surface area contributed by atoms with E-state index in [1.165, 1.54) is 0 Å². The van der Waals surface area contributed by atoms with Gasteiger partial charge in [0, 0.05) is 30.4 Å². The maximum absolute atomic E-state index is 11.8. The number of benzene rings is 1. The van der Waals surface area contributed by atoms with Crippen LogP contribution in [0.4, 0.5) is 5.69 Å². The summed E-state index contributed by atoms with van der Waals surface area (Å²) in [5, 5.41) is 0. The van der Waals surface area contributed by atoms with Crippen molar-refractivity contribution in [2.75, 3.05) is 11.4 Å². The molecule has 1 aliphatic heterocycles. The van der Waals surface area contributed by atoms with Crippen molar-refractivity contribution in [1.82, 2.24) is 10.9 Å². The largest absolute Gasteiger partial charge is 0.312 e. The van der Waals surface area contributed by atoms with Gasteiger partial charge in [-0.15, -0.1) is 0 Å². The molecule has 0 radical (unpaired) electrons. The van der Waals surface area contributed by atoms with Crippen molar-refractivity contribution < 1.29 is 9.59 Å². The van der Waals surface area contributed by atoms with Gasteiger partial charge in [0.2, 0.25) is 5.91 Å². The quantitative estimate of drug-likeness (QED) is 0.806. The summed E-state index contributed by atoms with van der Waals surface area (Å²) in [7, 11) is 0. The molecule has 0 aliphatic carbocycles. The smallest absolute Gasteiger partial charge is 0.269 e. The number of nitrogens with one attached hydrogen (secondary N) is 2. The number of anilines is 1. The first-order valence-corrected chi connectivity index (χ1v) is 6.83. The number of amides is 2. The minimum Gasteiger partial charge on any atom is -0.312 e. The van der Waals surface area contributed by atoms with Gasteiger partial charge in [-0.3, -0.25) is 15.0 Å². The monoisotopic (exact) mass is 273 g/mol. The Morgan fingerprint density at radius 2 is 2.10 bits per heavy atom. The van der Waals surface area contributed by atoms with E-state index in [9.17, 15) is 9.59 Å². The van der Waals surface area contributed by atoms with E-state index < -0.39 is 0 Å². The summed E-state index contributed by atoms with van der Waals surface area (Å²) in [4.78, 5) is 25.2. The van der Waals surface area contributed by atoms with Crippen molar-refractivity contribution in [2.24, 2.45) is 0 Å². The second-order valence-electron chi connectivity index (χ2n) is 4.60. The molecule has 0 bridgehead atoms. The summed E-state index contributed by atoms with van der Waals surface area (Å²) in [6.07, 6.45) is 6.00. The fourth-order valence-corrected chi connectivity index (χ4v) is 2.07. The lowest BCUT2D eigenvalue weighted by Crippen LogP contribution is -2.33. The Morgan fingerprint density at radius 1 is 1.35 bits per heavy atom. The van der Waals surface area contributed by atoms with Crippen molar-refractivity contribution in [3.8, 4) is 0 Å². The minimum atomic E-state index is -0.204. The van der Waals surface area contributed by atoms with E-state index in [0.29, 0.717) is 12.0 Å². The third kappa shape index (κ3) is 3.38. The highest BCUT2D eigenvalue weighted by Crippen LogP contribution is 2.21. The number of carbonyl (C=O) groups excluding carboxylic acids is 2. The van der Waals surface area contributed by atoms with Gasteiger partial charge in [-0.05, 0) is 37.1 Å². The molecule has 1 aromatic carbocycles. The zero-order valence-electron chi connectivity index (χ0n) is 11.6. The van der Waals surface area contributed by atoms with E-state index in [1.807, 2.05) is 13.0 Å². The van der Waals surface area contributed by atoms with Crippen LogP contribution in [0, 0.1) is 0 Å². The van der Waals surface area contributed by atoms with Gasteiger partial charge < -0.3 is 10.3 Å². The molecule has 0 aromatic heterocycles. The predicted octanol–water partition coefficient (Wildman–Crippen LogP) is 1.97. The molecule has 1 saturated heterocycles. The third-order valence-electron chi connectivity index (χ3n) is 3.14. The number of hydrazine groups is 1. The minimum absolute atomic E-state index is 0.147. The van der Waals surface area contributed by atoms with E-state index >= 15 is 0 Å². The molecule has 106 valence electrons. The van der Waals surface area contributed by atoms with Crippen molar-refractivity contribution >= 4 is 17.5 Å². The summed E-state index contributed by atoms with van der Waals surface area (Å²) in [6, 6.07) is 7.06. The van der Waals surface area contributed by atoms with Crippen molar-refractivity contribution in [3.05, 3.63) is 42.1 Å². The van der Waals surface area contributed by atoms with Crippen molar-refractivity contribution in [1.29, 1.82) is 0 Å². The first-order valence-electron chi connectivity index (χ1n) is 6.83. The Kier molecular flexibility index (Phi) is 4.76. The van der Waals surface area contributed by atoms with Crippen LogP contribution in [-0.2, 0) is 4.79 Å². The lowest BCUT2D eigenvalue weighted by Gasteiger charge is -2.15. The van der Waals surface area contributed by atoms with Crippen LogP contribution < -0.4 is 15.8 Å². The Hall–Kier alpha value is -2.30. The lowest BCUT2D eigenvalue weighted by atomic mass is 10.2. The average molecular weight is 273 g/mol. The fraction of sp³-hybridized carbons (Fsp3) is 0.333. The van der Waals surface area contributed by atoms with Crippen LogP contribution in [0.1, 0.15) is 36.5 Å². The van der Waals surface area contributed by atoms with Gasteiger partial charge in [0.1, 0.15) is 0 Å². The third-order valence-corrected chi connectivity index (χ3v) is 3.14. The first kappa shape index (κ1) is 14.1. The zero-order valence-corrected chi connectivity index (χ0v) is 11.6. The molecule has 0 saturated carbocycles. The molecule has 1 fully saturated rings. The Labute approximate surface area is 118 Å². The summed E-state index contributed by atoms with van der Waals surface area (Å²) in [6.45, 7) is 2.77. The number of nitrogens with zero attached hydrogens (tertiary/aromatic N) is 1. The van der Waals surface area contributed by atoms with Crippen LogP contribution in [0.25, 0.3) is 0 Å². The van der Waals surface area contributed by atoms with Crippen molar-refractivity contribution in [2.45, 2.75) is 26.2 Å². The summed E-state index contributed by atoms with van der Waals surface area (Å²) < 4.78 is 0. The highest BCUT2D eigenvalue weighted by molar-refractivity contribution is 5.97. The molecular formula is C15H19N3O2. The van der Waals surface area contributed by atoms with Gasteiger partial charge in [-0.25, -0.2) is 0 Å². The molecule has 0 atom stereocenters. The van der Waals surface area contributed by atoms with Gasteiger partial charge in [0.15, 0.2) is 0 Å². The van der Waals surface area contributed by atoms with Crippen LogP contribution in [0.15, 0.2) is 36.5 Å². The zero-order chi connectivity index (χ0) is 14.4. The molecule has 2 amide bonds. The molecule has 1 aliphatic rings. The molecule has 5 heteroatoms. The normalized spacial score (nSPS) is 14.8. The molecule has 1 aromatic rings. The van der Waals surface area contributed by atoms with Gasteiger partial charge >= 0.3 is 0 Å². The Balaban J connectivity index is 1.95. The second kappa shape index (κ2) is 6.75. The SMILES string of the molecule is CCC=CNNC(=O)c1ccc(N2CCCC2=O)cc1. The topological polar surface area (TPSA) is 61.4 Å². The number of hydrogen-bond acceptors (Lipinski definition) is 3. The van der Waals surface area contributed by atoms with Gasteiger partial charge in [0.25, 0.3) is 5.91 Å². The summed E-state index contributed by atoms with van der Waals surface area (Å²) >= 11 is 0. The summed E-state index contributed by atoms with van der Waals surface area (Å²) in [5.41, 5.74) is 6.70. The molecule has 0 spiro atoms. The van der Waals surface area contributed by atoms with E-state index in [0.717, 1.165) is 25.1 Å². The van der Waals surface area contributed by atoms with Gasteiger partial charge in [-0.2, -0.15) is 0 Å². The molecule has 0 unspecified atom stereocenters. The predicted molar refractivity (Wildman–Crippen MR) is 78.1 cm³/mol. The van der Waals surface area contributed by atoms with Crippen LogP contribution in [0.3, 0.4) is 0 Å². The average Bonchev–Trinajstić information content (AvgIpc) is 2.90. The molecular weight excluding hydrogens is 254 g/mol. The first-order chi connectivity index (χ1) is 9.72. The number of hydrogen-bond donors (Lipinski definition) is 2. The fourth-order valence-electron chi connectivity index (χ4n) is 2.07. The van der Waals surface area contributed by atoms with Crippen LogP contribution in [-0.4, -0.2) is 18.4 Å². The maximum atomic E-state index is 11.8. The number of rotatable bonds is 5. The molecule has 1 heterocycles. The highest BCUT2D eigenvalue weighted by atomic mass is 16.2. The molecule has 20 heavy (non-hydrogen) atoms. The lowest BCUT2D eigenvalue weighted by molar-refractivity contribution is -0.117. The molecule has 5 nitrogen and oxygen atoms in total. The highest BCUT2D eigenvalue weighted by Gasteiger charge is 2.21. The number of carbonyl (C=O) groups is 2. The number of allylic oxidation sites excluding steroid dienone is 1. The van der Waals surface area contributed by atoms with Gasteiger partial charge in [-0.1, -0.05) is 13.0 Å². The van der Waals surface area contributed by atoms with E-state index in [4.69, 9.17) is 0 Å². The summed E-state index contributed by atoms with van der Waals surface area (Å²) in [5.74, 6) is -0.0568. The van der Waals surface area contributed by atoms with Gasteiger partial charge in [0.05, 0.1) is 0 Å². The Bertz CT molecular complexity index is 508. The standard InChI is InChI=1S/C15H19N3O2/c1-2-3-10-16-17-15(20)12-6-8-13(9-7-12)18-11-4-5-14(18)19/h3,6-10,16H,2,4-5,11H2,1H3,(H,17,20). The molecule has 2 N–H and O–H groups in total.